The lowest BCUT2D eigenvalue weighted by Crippen LogP contribution is -2.22. The van der Waals surface area contributed by atoms with Gasteiger partial charge in [0.1, 0.15) is 5.82 Å². The molecule has 0 heterocycles. The van der Waals surface area contributed by atoms with Gasteiger partial charge in [-0.25, -0.2) is 4.39 Å². The van der Waals surface area contributed by atoms with Gasteiger partial charge in [-0.3, -0.25) is 0 Å². The van der Waals surface area contributed by atoms with Crippen molar-refractivity contribution in [2.45, 2.75) is 20.4 Å². The molecule has 0 aliphatic carbocycles. The van der Waals surface area contributed by atoms with Crippen LogP contribution in [0.25, 0.3) is 0 Å². The van der Waals surface area contributed by atoms with Crippen molar-refractivity contribution in [3.8, 4) is 0 Å². The summed E-state index contributed by atoms with van der Waals surface area (Å²) < 4.78 is 13.0. The molecule has 16 heavy (non-hydrogen) atoms. The molecule has 0 saturated carbocycles. The van der Waals surface area contributed by atoms with Crippen LogP contribution in [0, 0.1) is 18.7 Å². The van der Waals surface area contributed by atoms with E-state index in [1.807, 2.05) is 24.8 Å². The topological polar surface area (TPSA) is 12.0 Å². The van der Waals surface area contributed by atoms with Crippen LogP contribution in [-0.2, 0) is 6.54 Å². The number of nitrogens with one attached hydrogen (secondary N) is 1. The number of rotatable bonds is 6. The maximum absolute atomic E-state index is 13.0. The summed E-state index contributed by atoms with van der Waals surface area (Å²) in [6.45, 7) is 5.98. The van der Waals surface area contributed by atoms with Gasteiger partial charge in [-0.1, -0.05) is 13.0 Å². The summed E-state index contributed by atoms with van der Waals surface area (Å²) in [5.74, 6) is 1.67. The molecule has 1 aromatic rings. The third-order valence-corrected chi connectivity index (χ3v) is 3.47. The molecular formula is C13H20FNS. The fourth-order valence-electron chi connectivity index (χ4n) is 1.63. The van der Waals surface area contributed by atoms with Gasteiger partial charge in [0, 0.05) is 6.54 Å². The van der Waals surface area contributed by atoms with E-state index in [0.717, 1.165) is 30.0 Å². The van der Waals surface area contributed by atoms with Crippen molar-refractivity contribution in [1.29, 1.82) is 0 Å². The van der Waals surface area contributed by atoms with Gasteiger partial charge in [0.2, 0.25) is 0 Å². The Morgan fingerprint density at radius 2 is 2.19 bits per heavy atom. The standard InChI is InChI=1S/C13H20FNS/c1-10(9-16-3)7-15-8-12-6-13(14)5-4-11(12)2/h4-6,10,15H,7-9H2,1-3H3. The van der Waals surface area contributed by atoms with Gasteiger partial charge >= 0.3 is 0 Å². The van der Waals surface area contributed by atoms with E-state index in [4.69, 9.17) is 0 Å². The molecule has 0 aliphatic rings. The van der Waals surface area contributed by atoms with E-state index >= 15 is 0 Å². The maximum atomic E-state index is 13.0. The predicted octanol–water partition coefficient (Wildman–Crippen LogP) is 3.22. The van der Waals surface area contributed by atoms with Crippen LogP contribution in [0.15, 0.2) is 18.2 Å². The Morgan fingerprint density at radius 1 is 1.44 bits per heavy atom. The van der Waals surface area contributed by atoms with Crippen LogP contribution in [0.1, 0.15) is 18.1 Å². The highest BCUT2D eigenvalue weighted by Gasteiger charge is 2.03. The zero-order valence-electron chi connectivity index (χ0n) is 10.2. The highest BCUT2D eigenvalue weighted by molar-refractivity contribution is 7.98. The Labute approximate surface area is 102 Å². The average Bonchev–Trinajstić information content (AvgIpc) is 2.23. The third kappa shape index (κ3) is 4.54. The fourth-order valence-corrected chi connectivity index (χ4v) is 2.31. The first kappa shape index (κ1) is 13.5. The highest BCUT2D eigenvalue weighted by Crippen LogP contribution is 2.10. The number of halogens is 1. The van der Waals surface area contributed by atoms with Crippen LogP contribution in [0.4, 0.5) is 4.39 Å². The Kier molecular flexibility index (Phi) is 5.85. The lowest BCUT2D eigenvalue weighted by molar-refractivity contribution is 0.555. The quantitative estimate of drug-likeness (QED) is 0.820. The zero-order valence-corrected chi connectivity index (χ0v) is 11.0. The van der Waals surface area contributed by atoms with Crippen molar-refractivity contribution < 1.29 is 4.39 Å². The zero-order chi connectivity index (χ0) is 12.0. The molecular weight excluding hydrogens is 221 g/mol. The second kappa shape index (κ2) is 6.92. The number of hydrogen-bond donors (Lipinski definition) is 1. The van der Waals surface area contributed by atoms with E-state index in [-0.39, 0.29) is 5.82 Å². The Morgan fingerprint density at radius 3 is 2.88 bits per heavy atom. The van der Waals surface area contributed by atoms with Crippen molar-refractivity contribution in [3.63, 3.8) is 0 Å². The summed E-state index contributed by atoms with van der Waals surface area (Å²) in [4.78, 5) is 0. The predicted molar refractivity (Wildman–Crippen MR) is 70.4 cm³/mol. The molecule has 0 spiro atoms. The van der Waals surface area contributed by atoms with Crippen LogP contribution in [0.2, 0.25) is 0 Å². The molecule has 0 aromatic heterocycles. The van der Waals surface area contributed by atoms with E-state index < -0.39 is 0 Å². The fraction of sp³-hybridized carbons (Fsp3) is 0.538. The molecule has 1 N–H and O–H groups in total. The number of aryl methyl sites for hydroxylation is 1. The van der Waals surface area contributed by atoms with Crippen LogP contribution in [0.3, 0.4) is 0 Å². The molecule has 1 aromatic carbocycles. The van der Waals surface area contributed by atoms with Gasteiger partial charge in [-0.15, -0.1) is 0 Å². The number of hydrogen-bond acceptors (Lipinski definition) is 2. The summed E-state index contributed by atoms with van der Waals surface area (Å²) in [5.41, 5.74) is 2.20. The first-order valence-electron chi connectivity index (χ1n) is 5.58. The Bertz CT molecular complexity index is 328. The smallest absolute Gasteiger partial charge is 0.123 e. The highest BCUT2D eigenvalue weighted by atomic mass is 32.2. The van der Waals surface area contributed by atoms with E-state index in [2.05, 4.69) is 18.5 Å². The summed E-state index contributed by atoms with van der Waals surface area (Å²) in [7, 11) is 0. The minimum atomic E-state index is -0.153. The Balaban J connectivity index is 2.39. The van der Waals surface area contributed by atoms with Gasteiger partial charge in [-0.05, 0) is 54.7 Å². The number of thioether (sulfide) groups is 1. The molecule has 90 valence electrons. The molecule has 1 unspecified atom stereocenters. The van der Waals surface area contributed by atoms with Crippen molar-refractivity contribution in [3.05, 3.63) is 35.1 Å². The third-order valence-electron chi connectivity index (χ3n) is 2.57. The molecule has 1 nitrogen and oxygen atoms in total. The van der Waals surface area contributed by atoms with E-state index in [1.54, 1.807) is 6.07 Å². The van der Waals surface area contributed by atoms with Gasteiger partial charge in [0.05, 0.1) is 0 Å². The van der Waals surface area contributed by atoms with Gasteiger partial charge in [0.15, 0.2) is 0 Å². The number of benzene rings is 1. The summed E-state index contributed by atoms with van der Waals surface area (Å²) in [6, 6.07) is 4.95. The molecule has 0 aliphatic heterocycles. The van der Waals surface area contributed by atoms with Crippen LogP contribution in [0.5, 0.6) is 0 Å². The first-order valence-corrected chi connectivity index (χ1v) is 6.97. The van der Waals surface area contributed by atoms with Gasteiger partial charge in [0.25, 0.3) is 0 Å². The summed E-state index contributed by atoms with van der Waals surface area (Å²) >= 11 is 1.86. The minimum Gasteiger partial charge on any atom is -0.312 e. The lowest BCUT2D eigenvalue weighted by atomic mass is 10.1. The van der Waals surface area contributed by atoms with Crippen LogP contribution in [-0.4, -0.2) is 18.6 Å². The molecule has 1 rings (SSSR count). The van der Waals surface area contributed by atoms with Crippen molar-refractivity contribution >= 4 is 11.8 Å². The van der Waals surface area contributed by atoms with Crippen molar-refractivity contribution in [2.24, 2.45) is 5.92 Å². The van der Waals surface area contributed by atoms with Crippen molar-refractivity contribution in [2.75, 3.05) is 18.6 Å². The van der Waals surface area contributed by atoms with E-state index in [0.29, 0.717) is 5.92 Å². The molecule has 3 heteroatoms. The van der Waals surface area contributed by atoms with E-state index in [1.165, 1.54) is 6.07 Å². The van der Waals surface area contributed by atoms with Crippen molar-refractivity contribution in [1.82, 2.24) is 5.32 Å². The first-order chi connectivity index (χ1) is 7.63. The molecule has 0 amide bonds. The van der Waals surface area contributed by atoms with Gasteiger partial charge < -0.3 is 5.32 Å². The largest absolute Gasteiger partial charge is 0.312 e. The average molecular weight is 241 g/mol. The second-order valence-electron chi connectivity index (χ2n) is 4.26. The van der Waals surface area contributed by atoms with Gasteiger partial charge in [-0.2, -0.15) is 11.8 Å². The van der Waals surface area contributed by atoms with Crippen LogP contribution >= 0.6 is 11.8 Å². The van der Waals surface area contributed by atoms with Crippen LogP contribution < -0.4 is 5.32 Å². The SMILES string of the molecule is CSCC(C)CNCc1cc(F)ccc1C. The molecule has 0 saturated heterocycles. The Hall–Kier alpha value is -0.540. The normalized spacial score (nSPS) is 12.8. The summed E-state index contributed by atoms with van der Waals surface area (Å²) in [5, 5.41) is 3.37. The maximum Gasteiger partial charge on any atom is 0.123 e. The second-order valence-corrected chi connectivity index (χ2v) is 5.17. The molecule has 0 bridgehead atoms. The lowest BCUT2D eigenvalue weighted by Gasteiger charge is -2.12. The minimum absolute atomic E-state index is 0.153. The summed E-state index contributed by atoms with van der Waals surface area (Å²) in [6.07, 6.45) is 2.12. The van der Waals surface area contributed by atoms with E-state index in [9.17, 15) is 4.39 Å². The molecule has 1 atom stereocenters. The monoisotopic (exact) mass is 241 g/mol. The molecule has 0 radical (unpaired) electrons. The molecule has 0 fully saturated rings.